The molecule has 0 spiro atoms. The summed E-state index contributed by atoms with van der Waals surface area (Å²) in [5.41, 5.74) is 1.87. The number of aryl methyl sites for hydroxylation is 1. The van der Waals surface area contributed by atoms with Gasteiger partial charge in [-0.25, -0.2) is 0 Å². The molecule has 2 rings (SSSR count). The van der Waals surface area contributed by atoms with Crippen LogP contribution in [0.5, 0.6) is 0 Å². The van der Waals surface area contributed by atoms with Crippen molar-refractivity contribution in [3.63, 3.8) is 0 Å². The summed E-state index contributed by atoms with van der Waals surface area (Å²) < 4.78 is 6.87. The monoisotopic (exact) mass is 254 g/mol. The number of rotatable bonds is 5. The first-order valence-electron chi connectivity index (χ1n) is 5.55. The summed E-state index contributed by atoms with van der Waals surface area (Å²) in [6, 6.07) is 1.82. The average Bonchev–Trinajstić information content (AvgIpc) is 2.90. The van der Waals surface area contributed by atoms with Crippen LogP contribution in [0.4, 0.5) is 0 Å². The largest absolute Gasteiger partial charge is 0.453 e. The van der Waals surface area contributed by atoms with Crippen LogP contribution in [0.15, 0.2) is 22.9 Å². The fraction of sp³-hybridized carbons (Fsp3) is 0.455. The molecular weight excluding hydrogens is 240 g/mol. The van der Waals surface area contributed by atoms with Crippen LogP contribution in [-0.4, -0.2) is 21.5 Å². The number of halogens is 1. The summed E-state index contributed by atoms with van der Waals surface area (Å²) in [4.78, 5) is 0. The highest BCUT2D eigenvalue weighted by molar-refractivity contribution is 6.29. The highest BCUT2D eigenvalue weighted by Crippen LogP contribution is 2.28. The molecule has 5 nitrogen and oxygen atoms in total. The van der Waals surface area contributed by atoms with E-state index in [0.29, 0.717) is 5.22 Å². The summed E-state index contributed by atoms with van der Waals surface area (Å²) in [5.74, 6) is 0. The molecule has 0 bridgehead atoms. The Morgan fingerprint density at radius 1 is 1.59 bits per heavy atom. The van der Waals surface area contributed by atoms with Crippen LogP contribution in [0, 0.1) is 0 Å². The Morgan fingerprint density at radius 3 is 2.94 bits per heavy atom. The molecule has 0 aliphatic rings. The maximum Gasteiger partial charge on any atom is 0.198 e. The molecule has 0 amide bonds. The summed E-state index contributed by atoms with van der Waals surface area (Å²) in [6.07, 6.45) is 4.36. The topological polar surface area (TPSA) is 55.9 Å². The van der Waals surface area contributed by atoms with E-state index in [1.54, 1.807) is 17.1 Å². The van der Waals surface area contributed by atoms with Gasteiger partial charge in [0.05, 0.1) is 24.2 Å². The molecule has 1 atom stereocenters. The second-order valence-corrected chi connectivity index (χ2v) is 4.16. The lowest BCUT2D eigenvalue weighted by Gasteiger charge is -2.17. The predicted molar refractivity (Wildman–Crippen MR) is 64.9 cm³/mol. The zero-order valence-corrected chi connectivity index (χ0v) is 10.6. The number of aromatic nitrogens is 3. The molecule has 2 heterocycles. The van der Waals surface area contributed by atoms with Gasteiger partial charge >= 0.3 is 0 Å². The van der Waals surface area contributed by atoms with Gasteiger partial charge in [-0.15, -0.1) is 5.10 Å². The second kappa shape index (κ2) is 5.33. The fourth-order valence-electron chi connectivity index (χ4n) is 1.73. The third-order valence-corrected chi connectivity index (χ3v) is 2.91. The van der Waals surface area contributed by atoms with Gasteiger partial charge in [-0.05, 0) is 30.6 Å². The Balaban J connectivity index is 2.32. The van der Waals surface area contributed by atoms with Gasteiger partial charge in [0.15, 0.2) is 5.22 Å². The zero-order valence-electron chi connectivity index (χ0n) is 9.85. The van der Waals surface area contributed by atoms with Gasteiger partial charge < -0.3 is 9.73 Å². The minimum atomic E-state index is -0.0406. The highest BCUT2D eigenvalue weighted by atomic mass is 35.5. The first-order valence-corrected chi connectivity index (χ1v) is 5.92. The molecule has 2 aromatic heterocycles. The van der Waals surface area contributed by atoms with Crippen molar-refractivity contribution in [2.24, 2.45) is 7.05 Å². The highest BCUT2D eigenvalue weighted by Gasteiger charge is 2.21. The standard InChI is InChI=1S/C11H15ClN4O/c1-3-5-13-10(8-4-6-17-11(8)12)9-7-14-15-16(9)2/h4,6-7,10,13H,3,5H2,1-2H3. The maximum absolute atomic E-state index is 6.03. The number of nitrogens with one attached hydrogen (secondary N) is 1. The van der Waals surface area contributed by atoms with Crippen LogP contribution >= 0.6 is 11.6 Å². The molecule has 1 unspecified atom stereocenters. The van der Waals surface area contributed by atoms with Crippen molar-refractivity contribution in [3.8, 4) is 0 Å². The number of nitrogens with zero attached hydrogens (tertiary/aromatic N) is 3. The molecule has 0 radical (unpaired) electrons. The molecule has 0 fully saturated rings. The van der Waals surface area contributed by atoms with Crippen LogP contribution in [0.1, 0.15) is 30.6 Å². The van der Waals surface area contributed by atoms with Crippen molar-refractivity contribution in [3.05, 3.63) is 35.0 Å². The maximum atomic E-state index is 6.03. The van der Waals surface area contributed by atoms with Gasteiger partial charge in [0.2, 0.25) is 0 Å². The lowest BCUT2D eigenvalue weighted by molar-refractivity contribution is 0.531. The van der Waals surface area contributed by atoms with E-state index >= 15 is 0 Å². The van der Waals surface area contributed by atoms with Crippen molar-refractivity contribution in [2.45, 2.75) is 19.4 Å². The quantitative estimate of drug-likeness (QED) is 0.888. The number of furan rings is 1. The Hall–Kier alpha value is -1.33. The van der Waals surface area contributed by atoms with Crippen molar-refractivity contribution < 1.29 is 4.42 Å². The van der Waals surface area contributed by atoms with Gasteiger partial charge in [0, 0.05) is 12.6 Å². The van der Waals surface area contributed by atoms with Crippen LogP contribution in [-0.2, 0) is 7.05 Å². The van der Waals surface area contributed by atoms with E-state index in [1.807, 2.05) is 13.1 Å². The van der Waals surface area contributed by atoms with Gasteiger partial charge in [0.25, 0.3) is 0 Å². The summed E-state index contributed by atoms with van der Waals surface area (Å²) in [7, 11) is 1.86. The van der Waals surface area contributed by atoms with Crippen LogP contribution in [0.25, 0.3) is 0 Å². The van der Waals surface area contributed by atoms with E-state index in [-0.39, 0.29) is 6.04 Å². The van der Waals surface area contributed by atoms with Crippen molar-refractivity contribution >= 4 is 11.6 Å². The van der Waals surface area contributed by atoms with E-state index in [0.717, 1.165) is 24.2 Å². The predicted octanol–water partition coefficient (Wildman–Crippen LogP) is 2.15. The van der Waals surface area contributed by atoms with Crippen LogP contribution < -0.4 is 5.32 Å². The molecule has 92 valence electrons. The lowest BCUT2D eigenvalue weighted by atomic mass is 10.1. The van der Waals surface area contributed by atoms with Gasteiger partial charge in [-0.3, -0.25) is 4.68 Å². The Morgan fingerprint density at radius 2 is 2.41 bits per heavy atom. The SMILES string of the molecule is CCCNC(c1ccoc1Cl)c1cnnn1C. The molecule has 1 N–H and O–H groups in total. The normalized spacial score (nSPS) is 12.9. The van der Waals surface area contributed by atoms with Gasteiger partial charge in [-0.2, -0.15) is 0 Å². The minimum Gasteiger partial charge on any atom is -0.453 e. The number of hydrogen-bond acceptors (Lipinski definition) is 4. The molecule has 0 saturated heterocycles. The third-order valence-electron chi connectivity index (χ3n) is 2.60. The number of hydrogen-bond donors (Lipinski definition) is 1. The van der Waals surface area contributed by atoms with E-state index < -0.39 is 0 Å². The Kier molecular flexibility index (Phi) is 3.81. The molecular formula is C11H15ClN4O. The summed E-state index contributed by atoms with van der Waals surface area (Å²) in [6.45, 7) is 3.00. The van der Waals surface area contributed by atoms with Crippen molar-refractivity contribution in [2.75, 3.05) is 6.54 Å². The van der Waals surface area contributed by atoms with E-state index in [1.165, 1.54) is 0 Å². The zero-order chi connectivity index (χ0) is 12.3. The average molecular weight is 255 g/mol. The van der Waals surface area contributed by atoms with Gasteiger partial charge in [0.1, 0.15) is 0 Å². The van der Waals surface area contributed by atoms with E-state index in [2.05, 4.69) is 22.6 Å². The molecule has 2 aromatic rings. The van der Waals surface area contributed by atoms with Crippen molar-refractivity contribution in [1.82, 2.24) is 20.3 Å². The van der Waals surface area contributed by atoms with Crippen molar-refractivity contribution in [1.29, 1.82) is 0 Å². The Bertz CT molecular complexity index is 439. The molecule has 6 heteroatoms. The first-order chi connectivity index (χ1) is 8.24. The lowest BCUT2D eigenvalue weighted by Crippen LogP contribution is -2.25. The van der Waals surface area contributed by atoms with Gasteiger partial charge in [-0.1, -0.05) is 12.1 Å². The second-order valence-electron chi connectivity index (χ2n) is 3.82. The van der Waals surface area contributed by atoms with E-state index in [4.69, 9.17) is 16.0 Å². The van der Waals surface area contributed by atoms with Crippen LogP contribution in [0.3, 0.4) is 0 Å². The fourth-order valence-corrected chi connectivity index (χ4v) is 1.96. The summed E-state index contributed by atoms with van der Waals surface area (Å²) in [5, 5.41) is 11.6. The molecule has 0 saturated carbocycles. The molecule has 0 aliphatic heterocycles. The summed E-state index contributed by atoms with van der Waals surface area (Å²) >= 11 is 6.03. The molecule has 17 heavy (non-hydrogen) atoms. The first kappa shape index (κ1) is 12.1. The third kappa shape index (κ3) is 2.50. The smallest absolute Gasteiger partial charge is 0.198 e. The Labute approximate surface area is 105 Å². The van der Waals surface area contributed by atoms with Crippen LogP contribution in [0.2, 0.25) is 5.22 Å². The molecule has 0 aromatic carbocycles. The molecule has 0 aliphatic carbocycles. The van der Waals surface area contributed by atoms with E-state index in [9.17, 15) is 0 Å². The minimum absolute atomic E-state index is 0.0406.